The lowest BCUT2D eigenvalue weighted by Gasteiger charge is -2.46. The van der Waals surface area contributed by atoms with E-state index in [-0.39, 0.29) is 18.1 Å². The first-order chi connectivity index (χ1) is 10.5. The normalized spacial score (nSPS) is 30.4. The van der Waals surface area contributed by atoms with Gasteiger partial charge in [0.05, 0.1) is 17.9 Å². The van der Waals surface area contributed by atoms with Crippen molar-refractivity contribution in [2.24, 2.45) is 5.41 Å². The maximum absolute atomic E-state index is 12.9. The van der Waals surface area contributed by atoms with E-state index in [0.717, 1.165) is 50.3 Å². The fourth-order valence-electron chi connectivity index (χ4n) is 4.47. The molecule has 22 heavy (non-hydrogen) atoms. The van der Waals surface area contributed by atoms with Crippen LogP contribution in [-0.2, 0) is 11.2 Å². The van der Waals surface area contributed by atoms with Gasteiger partial charge in [0.15, 0.2) is 5.69 Å². The molecular formula is C16H24N4O2. The molecule has 0 saturated carbocycles. The second-order valence-electron chi connectivity index (χ2n) is 7.41. The average molecular weight is 304 g/mol. The highest BCUT2D eigenvalue weighted by Gasteiger charge is 2.47. The predicted molar refractivity (Wildman–Crippen MR) is 81.7 cm³/mol. The SMILES string of the molecule is C[C@@H]1Cc2c(C(=O)N3CCC4(CN(C)C4)C3)n[nH]c2[C@H](C)O1. The number of amides is 1. The van der Waals surface area contributed by atoms with E-state index in [1.807, 2.05) is 11.8 Å². The lowest BCUT2D eigenvalue weighted by molar-refractivity contribution is -0.00704. The fourth-order valence-corrected chi connectivity index (χ4v) is 4.47. The second kappa shape index (κ2) is 4.80. The molecule has 120 valence electrons. The molecule has 0 radical (unpaired) electrons. The zero-order valence-electron chi connectivity index (χ0n) is 13.6. The van der Waals surface area contributed by atoms with Crippen LogP contribution in [0, 0.1) is 5.41 Å². The Morgan fingerprint density at radius 2 is 2.14 bits per heavy atom. The Balaban J connectivity index is 1.55. The van der Waals surface area contributed by atoms with Gasteiger partial charge in [-0.1, -0.05) is 0 Å². The van der Waals surface area contributed by atoms with E-state index in [9.17, 15) is 4.79 Å². The summed E-state index contributed by atoms with van der Waals surface area (Å²) in [6, 6.07) is 0. The molecule has 3 aliphatic rings. The topological polar surface area (TPSA) is 61.5 Å². The number of hydrogen-bond donors (Lipinski definition) is 1. The van der Waals surface area contributed by atoms with Gasteiger partial charge in [-0.25, -0.2) is 0 Å². The highest BCUT2D eigenvalue weighted by atomic mass is 16.5. The first kappa shape index (κ1) is 14.2. The molecule has 6 heteroatoms. The number of nitrogens with zero attached hydrogens (tertiary/aromatic N) is 3. The smallest absolute Gasteiger partial charge is 0.274 e. The number of hydrogen-bond acceptors (Lipinski definition) is 4. The summed E-state index contributed by atoms with van der Waals surface area (Å²) in [6.07, 6.45) is 2.00. The minimum absolute atomic E-state index is 0.0157. The van der Waals surface area contributed by atoms with Crippen molar-refractivity contribution in [1.82, 2.24) is 20.0 Å². The van der Waals surface area contributed by atoms with E-state index in [0.29, 0.717) is 11.1 Å². The van der Waals surface area contributed by atoms with Crippen molar-refractivity contribution in [2.45, 2.75) is 38.9 Å². The summed E-state index contributed by atoms with van der Waals surface area (Å²) < 4.78 is 5.80. The van der Waals surface area contributed by atoms with Crippen LogP contribution in [0.3, 0.4) is 0 Å². The van der Waals surface area contributed by atoms with Gasteiger partial charge in [-0.2, -0.15) is 5.10 Å². The third kappa shape index (κ3) is 2.08. The van der Waals surface area contributed by atoms with Crippen molar-refractivity contribution >= 4 is 5.91 Å². The summed E-state index contributed by atoms with van der Waals surface area (Å²) in [5, 5.41) is 7.35. The minimum Gasteiger partial charge on any atom is -0.369 e. The van der Waals surface area contributed by atoms with Gasteiger partial charge in [0.1, 0.15) is 0 Å². The van der Waals surface area contributed by atoms with Crippen molar-refractivity contribution in [3.8, 4) is 0 Å². The standard InChI is InChI=1S/C16H24N4O2/c1-10-6-12-13(11(2)22-10)17-18-14(12)15(21)20-5-4-16(9-20)7-19(3)8-16/h10-11H,4-9H2,1-3H3,(H,17,18)/t10-,11+/m1/s1. The molecule has 3 aliphatic heterocycles. The fraction of sp³-hybridized carbons (Fsp3) is 0.750. The molecule has 1 spiro atoms. The monoisotopic (exact) mass is 304 g/mol. The predicted octanol–water partition coefficient (Wildman–Crippen LogP) is 1.21. The van der Waals surface area contributed by atoms with E-state index >= 15 is 0 Å². The molecule has 1 amide bonds. The number of H-pyrrole nitrogens is 1. The molecule has 0 aromatic carbocycles. The van der Waals surface area contributed by atoms with Gasteiger partial charge in [-0.15, -0.1) is 0 Å². The van der Waals surface area contributed by atoms with E-state index in [1.54, 1.807) is 0 Å². The van der Waals surface area contributed by atoms with Crippen LogP contribution >= 0.6 is 0 Å². The maximum atomic E-state index is 12.9. The first-order valence-electron chi connectivity index (χ1n) is 8.18. The number of likely N-dealkylation sites (tertiary alicyclic amines) is 2. The molecule has 0 unspecified atom stereocenters. The molecule has 4 rings (SSSR count). The van der Waals surface area contributed by atoms with Gasteiger partial charge < -0.3 is 14.5 Å². The highest BCUT2D eigenvalue weighted by Crippen LogP contribution is 2.39. The molecule has 2 fully saturated rings. The summed E-state index contributed by atoms with van der Waals surface area (Å²) in [6.45, 7) is 8.01. The molecule has 0 aliphatic carbocycles. The molecule has 4 heterocycles. The number of carbonyl (C=O) groups is 1. The minimum atomic E-state index is -0.0157. The van der Waals surface area contributed by atoms with Crippen LogP contribution in [0.2, 0.25) is 0 Å². The Morgan fingerprint density at radius 3 is 2.86 bits per heavy atom. The maximum Gasteiger partial charge on any atom is 0.274 e. The van der Waals surface area contributed by atoms with Gasteiger partial charge in [-0.3, -0.25) is 9.89 Å². The van der Waals surface area contributed by atoms with Crippen molar-refractivity contribution < 1.29 is 9.53 Å². The summed E-state index contributed by atoms with van der Waals surface area (Å²) in [4.78, 5) is 17.2. The zero-order valence-corrected chi connectivity index (χ0v) is 13.6. The van der Waals surface area contributed by atoms with Gasteiger partial charge in [0, 0.05) is 43.6 Å². The molecule has 6 nitrogen and oxygen atoms in total. The second-order valence-corrected chi connectivity index (χ2v) is 7.41. The third-order valence-corrected chi connectivity index (χ3v) is 5.37. The average Bonchev–Trinajstić information content (AvgIpc) is 3.02. The Bertz CT molecular complexity index is 605. The molecule has 1 aromatic rings. The number of aromatic nitrogens is 2. The number of fused-ring (bicyclic) bond motifs is 1. The van der Waals surface area contributed by atoms with Crippen molar-refractivity contribution in [2.75, 3.05) is 33.2 Å². The summed E-state index contributed by atoms with van der Waals surface area (Å²) in [5.74, 6) is 0.0882. The number of ether oxygens (including phenoxy) is 1. The van der Waals surface area contributed by atoms with Gasteiger partial charge >= 0.3 is 0 Å². The van der Waals surface area contributed by atoms with E-state index in [1.165, 1.54) is 0 Å². The lowest BCUT2D eigenvalue weighted by atomic mass is 9.79. The van der Waals surface area contributed by atoms with E-state index in [2.05, 4.69) is 29.1 Å². The molecular weight excluding hydrogens is 280 g/mol. The van der Waals surface area contributed by atoms with Gasteiger partial charge in [0.25, 0.3) is 5.91 Å². The van der Waals surface area contributed by atoms with E-state index < -0.39 is 0 Å². The van der Waals surface area contributed by atoms with Gasteiger partial charge in [0.2, 0.25) is 0 Å². The first-order valence-corrected chi connectivity index (χ1v) is 8.18. The van der Waals surface area contributed by atoms with Crippen LogP contribution < -0.4 is 0 Å². The van der Waals surface area contributed by atoms with E-state index in [4.69, 9.17) is 4.74 Å². The Kier molecular flexibility index (Phi) is 3.10. The summed E-state index contributed by atoms with van der Waals surface area (Å²) in [5.41, 5.74) is 2.98. The molecule has 2 atom stereocenters. The zero-order chi connectivity index (χ0) is 15.5. The van der Waals surface area contributed by atoms with Crippen molar-refractivity contribution in [1.29, 1.82) is 0 Å². The number of rotatable bonds is 1. The number of nitrogens with one attached hydrogen (secondary N) is 1. The number of carbonyl (C=O) groups excluding carboxylic acids is 1. The van der Waals surface area contributed by atoms with Crippen LogP contribution in [0.15, 0.2) is 0 Å². The molecule has 1 aromatic heterocycles. The molecule has 2 saturated heterocycles. The molecule has 0 bridgehead atoms. The van der Waals surface area contributed by atoms with Crippen LogP contribution in [0.1, 0.15) is 48.1 Å². The third-order valence-electron chi connectivity index (χ3n) is 5.37. The quantitative estimate of drug-likeness (QED) is 0.847. The van der Waals surface area contributed by atoms with Crippen LogP contribution in [-0.4, -0.2) is 65.2 Å². The summed E-state index contributed by atoms with van der Waals surface area (Å²) >= 11 is 0. The van der Waals surface area contributed by atoms with Crippen molar-refractivity contribution in [3.63, 3.8) is 0 Å². The lowest BCUT2D eigenvalue weighted by Crippen LogP contribution is -2.55. The largest absolute Gasteiger partial charge is 0.369 e. The van der Waals surface area contributed by atoms with Crippen LogP contribution in [0.5, 0.6) is 0 Å². The van der Waals surface area contributed by atoms with Crippen LogP contribution in [0.25, 0.3) is 0 Å². The number of aromatic amines is 1. The Labute approximate surface area is 130 Å². The Hall–Kier alpha value is -1.40. The van der Waals surface area contributed by atoms with Crippen LogP contribution in [0.4, 0.5) is 0 Å². The van der Waals surface area contributed by atoms with Gasteiger partial charge in [-0.05, 0) is 27.3 Å². The van der Waals surface area contributed by atoms with Crippen molar-refractivity contribution in [3.05, 3.63) is 17.0 Å². The molecule has 1 N–H and O–H groups in total. The summed E-state index contributed by atoms with van der Waals surface area (Å²) in [7, 11) is 2.14. The Morgan fingerprint density at radius 1 is 1.36 bits per heavy atom. The highest BCUT2D eigenvalue weighted by molar-refractivity contribution is 5.94.